The number of benzene rings is 1. The Balaban J connectivity index is 2.66. The van der Waals surface area contributed by atoms with Crippen molar-refractivity contribution >= 4 is 0 Å². The van der Waals surface area contributed by atoms with Crippen LogP contribution < -0.4 is 0 Å². The third-order valence-corrected chi connectivity index (χ3v) is 1.97. The number of rotatable bonds is 3. The maximum atomic E-state index is 3.95. The first-order chi connectivity index (χ1) is 6.72. The minimum atomic E-state index is 0.923. The zero-order valence-electron chi connectivity index (χ0n) is 8.99. The molecule has 1 aromatic carbocycles. The maximum Gasteiger partial charge on any atom is 0.0558 e. The number of allylic oxidation sites excluding steroid dienone is 2. The normalized spacial score (nSPS) is 12.4. The zero-order chi connectivity index (χ0) is 10.4. The molecule has 14 heavy (non-hydrogen) atoms. The summed E-state index contributed by atoms with van der Waals surface area (Å²) in [5.41, 5.74) is 3.58. The van der Waals surface area contributed by atoms with Crippen LogP contribution in [0.4, 0.5) is 0 Å². The summed E-state index contributed by atoms with van der Waals surface area (Å²) in [5.74, 6) is 0. The second-order valence-corrected chi connectivity index (χ2v) is 3.34. The predicted molar refractivity (Wildman–Crippen MR) is 59.4 cm³/mol. The Morgan fingerprint density at radius 2 is 2.21 bits per heavy atom. The molecule has 0 saturated carbocycles. The summed E-state index contributed by atoms with van der Waals surface area (Å²) in [4.78, 5) is 0. The van der Waals surface area contributed by atoms with E-state index in [-0.39, 0.29) is 0 Å². The van der Waals surface area contributed by atoms with Crippen molar-refractivity contribution in [1.82, 2.24) is 0 Å². The van der Waals surface area contributed by atoms with Crippen LogP contribution in [0.2, 0.25) is 0 Å². The smallest absolute Gasteiger partial charge is 0.0558 e. The van der Waals surface area contributed by atoms with Crippen LogP contribution in [-0.2, 0) is 6.42 Å². The molecule has 1 rings (SSSR count). The highest BCUT2D eigenvalue weighted by atomic mass is 15.1. The van der Waals surface area contributed by atoms with Crippen molar-refractivity contribution in [3.63, 3.8) is 0 Å². The molecule has 0 amide bonds. The summed E-state index contributed by atoms with van der Waals surface area (Å²) < 4.78 is 0. The average molecular weight is 188 g/mol. The fourth-order valence-electron chi connectivity index (χ4n) is 1.30. The van der Waals surface area contributed by atoms with E-state index >= 15 is 0 Å². The Labute approximate surface area is 85.4 Å². The van der Waals surface area contributed by atoms with Gasteiger partial charge in [0.2, 0.25) is 0 Å². The highest BCUT2D eigenvalue weighted by molar-refractivity contribution is 5.24. The van der Waals surface area contributed by atoms with E-state index in [0.29, 0.717) is 0 Å². The number of hydrogen-bond donors (Lipinski definition) is 0. The van der Waals surface area contributed by atoms with Crippen LogP contribution in [0.25, 0.3) is 0 Å². The fraction of sp³-hybridized carbons (Fsp3) is 0.333. The molecule has 0 aromatic heterocycles. The van der Waals surface area contributed by atoms with E-state index < -0.39 is 0 Å². The van der Waals surface area contributed by atoms with Crippen molar-refractivity contribution in [2.24, 2.45) is 10.2 Å². The Hall–Kier alpha value is -1.44. The molecule has 0 spiro atoms. The van der Waals surface area contributed by atoms with Crippen LogP contribution in [0.15, 0.2) is 46.3 Å². The van der Waals surface area contributed by atoms with Crippen LogP contribution in [0.1, 0.15) is 18.1 Å². The molecule has 0 saturated heterocycles. The molecule has 0 fully saturated rings. The van der Waals surface area contributed by atoms with Crippen LogP contribution in [0.3, 0.4) is 0 Å². The molecule has 0 heterocycles. The first-order valence-electron chi connectivity index (χ1n) is 4.74. The monoisotopic (exact) mass is 188 g/mol. The summed E-state index contributed by atoms with van der Waals surface area (Å²) >= 11 is 0. The molecule has 2 nitrogen and oxygen atoms in total. The van der Waals surface area contributed by atoms with Crippen molar-refractivity contribution < 1.29 is 0 Å². The molecule has 0 aliphatic rings. The zero-order valence-corrected chi connectivity index (χ0v) is 8.99. The number of azo groups is 1. The van der Waals surface area contributed by atoms with Crippen molar-refractivity contribution in [2.45, 2.75) is 20.3 Å². The Bertz CT molecular complexity index is 351. The van der Waals surface area contributed by atoms with Gasteiger partial charge in [-0.1, -0.05) is 35.9 Å². The van der Waals surface area contributed by atoms with Gasteiger partial charge in [-0.05, 0) is 25.8 Å². The summed E-state index contributed by atoms with van der Waals surface area (Å²) in [7, 11) is 1.68. The van der Waals surface area contributed by atoms with Crippen LogP contribution in [-0.4, -0.2) is 7.05 Å². The fourth-order valence-corrected chi connectivity index (χ4v) is 1.30. The molecule has 0 N–H and O–H groups in total. The Kier molecular flexibility index (Phi) is 4.05. The summed E-state index contributed by atoms with van der Waals surface area (Å²) in [5, 5.41) is 7.67. The SMILES string of the molecule is CN=N/C(C)=C\Cc1cccc(C)c1. The lowest BCUT2D eigenvalue weighted by Crippen LogP contribution is -1.82. The maximum absolute atomic E-state index is 3.95. The highest BCUT2D eigenvalue weighted by Gasteiger charge is 1.91. The highest BCUT2D eigenvalue weighted by Crippen LogP contribution is 2.07. The summed E-state index contributed by atoms with van der Waals surface area (Å²) in [6.45, 7) is 4.06. The van der Waals surface area contributed by atoms with Gasteiger partial charge < -0.3 is 0 Å². The van der Waals surface area contributed by atoms with E-state index in [0.717, 1.165) is 12.1 Å². The molecule has 0 radical (unpaired) electrons. The van der Waals surface area contributed by atoms with Gasteiger partial charge in [0.05, 0.1) is 5.70 Å². The van der Waals surface area contributed by atoms with Crippen LogP contribution in [0.5, 0.6) is 0 Å². The van der Waals surface area contributed by atoms with Gasteiger partial charge in [-0.25, -0.2) is 0 Å². The van der Waals surface area contributed by atoms with Crippen molar-refractivity contribution in [3.8, 4) is 0 Å². The molecule has 2 heteroatoms. The third-order valence-electron chi connectivity index (χ3n) is 1.97. The van der Waals surface area contributed by atoms with Gasteiger partial charge in [0.1, 0.15) is 0 Å². The van der Waals surface area contributed by atoms with Crippen molar-refractivity contribution in [1.29, 1.82) is 0 Å². The van der Waals surface area contributed by atoms with Gasteiger partial charge in [0.15, 0.2) is 0 Å². The molecule has 0 aliphatic heterocycles. The van der Waals surface area contributed by atoms with Gasteiger partial charge in [-0.3, -0.25) is 0 Å². The molecule has 0 atom stereocenters. The van der Waals surface area contributed by atoms with E-state index in [1.54, 1.807) is 7.05 Å². The van der Waals surface area contributed by atoms with E-state index in [2.05, 4.69) is 47.5 Å². The van der Waals surface area contributed by atoms with Crippen LogP contribution >= 0.6 is 0 Å². The molecule has 1 aromatic rings. The standard InChI is InChI=1S/C12H16N2/c1-10-5-4-6-12(9-10)8-7-11(2)14-13-3/h4-7,9H,8H2,1-3H3/b11-7-,14-13?. The topological polar surface area (TPSA) is 24.7 Å². The minimum Gasteiger partial charge on any atom is -0.192 e. The molecule has 74 valence electrons. The molecule has 0 bridgehead atoms. The third kappa shape index (κ3) is 3.52. The summed E-state index contributed by atoms with van der Waals surface area (Å²) in [6, 6.07) is 8.49. The minimum absolute atomic E-state index is 0.923. The number of hydrogen-bond acceptors (Lipinski definition) is 2. The number of nitrogens with zero attached hydrogens (tertiary/aromatic N) is 2. The lowest BCUT2D eigenvalue weighted by atomic mass is 10.1. The van der Waals surface area contributed by atoms with Gasteiger partial charge in [-0.15, -0.1) is 0 Å². The molecule has 0 aliphatic carbocycles. The van der Waals surface area contributed by atoms with E-state index in [1.807, 2.05) is 6.92 Å². The second kappa shape index (κ2) is 5.32. The van der Waals surface area contributed by atoms with Gasteiger partial charge in [0.25, 0.3) is 0 Å². The van der Waals surface area contributed by atoms with E-state index in [4.69, 9.17) is 0 Å². The van der Waals surface area contributed by atoms with E-state index in [1.165, 1.54) is 11.1 Å². The first-order valence-corrected chi connectivity index (χ1v) is 4.74. The molecular weight excluding hydrogens is 172 g/mol. The van der Waals surface area contributed by atoms with Gasteiger partial charge in [0, 0.05) is 7.05 Å². The predicted octanol–water partition coefficient (Wildman–Crippen LogP) is 3.52. The van der Waals surface area contributed by atoms with E-state index in [9.17, 15) is 0 Å². The first kappa shape index (κ1) is 10.6. The van der Waals surface area contributed by atoms with Crippen molar-refractivity contribution in [2.75, 3.05) is 7.05 Å². The van der Waals surface area contributed by atoms with Crippen molar-refractivity contribution in [3.05, 3.63) is 47.2 Å². The average Bonchev–Trinajstić information content (AvgIpc) is 2.15. The van der Waals surface area contributed by atoms with Gasteiger partial charge in [-0.2, -0.15) is 10.2 Å². The summed E-state index contributed by atoms with van der Waals surface area (Å²) in [6.07, 6.45) is 3.01. The molecular formula is C12H16N2. The van der Waals surface area contributed by atoms with Gasteiger partial charge >= 0.3 is 0 Å². The number of aryl methyl sites for hydroxylation is 1. The Morgan fingerprint density at radius 3 is 2.86 bits per heavy atom. The Morgan fingerprint density at radius 1 is 1.43 bits per heavy atom. The lowest BCUT2D eigenvalue weighted by Gasteiger charge is -1.98. The van der Waals surface area contributed by atoms with Crippen LogP contribution in [0, 0.1) is 6.92 Å². The second-order valence-electron chi connectivity index (χ2n) is 3.34. The largest absolute Gasteiger partial charge is 0.192 e. The quantitative estimate of drug-likeness (QED) is 0.648. The lowest BCUT2D eigenvalue weighted by molar-refractivity contribution is 1.06. The molecule has 0 unspecified atom stereocenters.